The van der Waals surface area contributed by atoms with Crippen molar-refractivity contribution in [3.63, 3.8) is 0 Å². The van der Waals surface area contributed by atoms with E-state index in [9.17, 15) is 8.42 Å². The predicted octanol–water partition coefficient (Wildman–Crippen LogP) is 1.79. The summed E-state index contributed by atoms with van der Waals surface area (Å²) < 4.78 is 25.1. The maximum absolute atomic E-state index is 11.3. The fourth-order valence-corrected chi connectivity index (χ4v) is 1.95. The van der Waals surface area contributed by atoms with Crippen molar-refractivity contribution in [2.24, 2.45) is 0 Å². The zero-order chi connectivity index (χ0) is 11.7. The van der Waals surface area contributed by atoms with Gasteiger partial charge < -0.3 is 0 Å². The lowest BCUT2D eigenvalue weighted by Gasteiger charge is -2.07. The summed E-state index contributed by atoms with van der Waals surface area (Å²) in [5, 5.41) is 7.51. The number of hydrogen-bond donors (Lipinski definition) is 1. The quantitative estimate of drug-likeness (QED) is 0.649. The third kappa shape index (κ3) is 6.47. The lowest BCUT2D eigenvalue weighted by molar-refractivity contribution is 0.567. The van der Waals surface area contributed by atoms with Crippen molar-refractivity contribution in [3.05, 3.63) is 0 Å². The van der Waals surface area contributed by atoms with Crippen molar-refractivity contribution in [2.45, 2.75) is 51.2 Å². The molecule has 0 amide bonds. The highest BCUT2D eigenvalue weighted by Gasteiger charge is 2.18. The van der Waals surface area contributed by atoms with Crippen molar-refractivity contribution in [1.29, 1.82) is 5.26 Å². The van der Waals surface area contributed by atoms with E-state index in [0.29, 0.717) is 6.54 Å². The Morgan fingerprint density at radius 3 is 2.40 bits per heavy atom. The molecule has 0 bridgehead atoms. The SMILES string of the molecule is CCCCCCCNS(=O)(=O)C(C)C#N. The summed E-state index contributed by atoms with van der Waals surface area (Å²) in [6, 6.07) is 1.72. The fourth-order valence-electron chi connectivity index (χ4n) is 1.14. The van der Waals surface area contributed by atoms with Crippen molar-refractivity contribution in [1.82, 2.24) is 4.72 Å². The van der Waals surface area contributed by atoms with Crippen LogP contribution in [-0.4, -0.2) is 20.2 Å². The molecule has 5 heteroatoms. The molecule has 0 rings (SSSR count). The average molecular weight is 232 g/mol. The van der Waals surface area contributed by atoms with Crippen LogP contribution in [0.3, 0.4) is 0 Å². The molecule has 0 heterocycles. The molecule has 1 atom stereocenters. The van der Waals surface area contributed by atoms with Crippen LogP contribution < -0.4 is 4.72 Å². The van der Waals surface area contributed by atoms with Gasteiger partial charge in [0.2, 0.25) is 10.0 Å². The number of nitrogens with zero attached hydrogens (tertiary/aromatic N) is 1. The molecule has 15 heavy (non-hydrogen) atoms. The number of rotatable bonds is 8. The van der Waals surface area contributed by atoms with Gasteiger partial charge in [-0.25, -0.2) is 13.1 Å². The summed E-state index contributed by atoms with van der Waals surface area (Å²) in [4.78, 5) is 0. The molecule has 0 fully saturated rings. The highest BCUT2D eigenvalue weighted by molar-refractivity contribution is 7.90. The van der Waals surface area contributed by atoms with E-state index < -0.39 is 15.3 Å². The molecule has 1 N–H and O–H groups in total. The summed E-state index contributed by atoms with van der Waals surface area (Å²) in [6.45, 7) is 3.97. The highest BCUT2D eigenvalue weighted by atomic mass is 32.2. The fraction of sp³-hybridized carbons (Fsp3) is 0.900. The topological polar surface area (TPSA) is 70.0 Å². The molecule has 1 unspecified atom stereocenters. The second-order valence-electron chi connectivity index (χ2n) is 3.62. The normalized spacial score (nSPS) is 13.4. The Bertz CT molecular complexity index is 293. The minimum absolute atomic E-state index is 0.443. The van der Waals surface area contributed by atoms with Gasteiger partial charge in [-0.2, -0.15) is 5.26 Å². The Morgan fingerprint density at radius 2 is 1.87 bits per heavy atom. The van der Waals surface area contributed by atoms with Crippen LogP contribution in [0, 0.1) is 11.3 Å². The molecule has 0 aromatic heterocycles. The van der Waals surface area contributed by atoms with Gasteiger partial charge in [0.25, 0.3) is 0 Å². The maximum atomic E-state index is 11.3. The lowest BCUT2D eigenvalue weighted by Crippen LogP contribution is -2.32. The first-order valence-corrected chi connectivity index (χ1v) is 6.97. The van der Waals surface area contributed by atoms with Gasteiger partial charge in [0.05, 0.1) is 6.07 Å². The molecule has 0 aliphatic heterocycles. The van der Waals surface area contributed by atoms with Crippen molar-refractivity contribution < 1.29 is 8.42 Å². The molecule has 0 aliphatic carbocycles. The van der Waals surface area contributed by atoms with Gasteiger partial charge in [0.15, 0.2) is 5.25 Å². The van der Waals surface area contributed by atoms with E-state index in [1.807, 2.05) is 0 Å². The van der Waals surface area contributed by atoms with Crippen molar-refractivity contribution in [2.75, 3.05) is 6.54 Å². The van der Waals surface area contributed by atoms with E-state index in [2.05, 4.69) is 11.6 Å². The van der Waals surface area contributed by atoms with E-state index in [1.54, 1.807) is 6.07 Å². The van der Waals surface area contributed by atoms with Gasteiger partial charge in [-0.15, -0.1) is 0 Å². The molecule has 0 aliphatic rings. The van der Waals surface area contributed by atoms with Crippen LogP contribution in [0.4, 0.5) is 0 Å². The van der Waals surface area contributed by atoms with Crippen LogP contribution in [0.2, 0.25) is 0 Å². The molecule has 0 radical (unpaired) electrons. The van der Waals surface area contributed by atoms with Crippen molar-refractivity contribution in [3.8, 4) is 6.07 Å². The van der Waals surface area contributed by atoms with E-state index in [-0.39, 0.29) is 0 Å². The van der Waals surface area contributed by atoms with Crippen LogP contribution in [0.25, 0.3) is 0 Å². The molecule has 88 valence electrons. The maximum Gasteiger partial charge on any atom is 0.227 e. The molecule has 0 saturated carbocycles. The Hall–Kier alpha value is -0.600. The Labute approximate surface area is 92.7 Å². The van der Waals surface area contributed by atoms with E-state index in [1.165, 1.54) is 19.8 Å². The standard InChI is InChI=1S/C10H20N2O2S/c1-3-4-5-6-7-8-12-15(13,14)10(2)9-11/h10,12H,3-8H2,1-2H3. The average Bonchev–Trinajstić information content (AvgIpc) is 2.22. The molecule has 0 saturated heterocycles. The van der Waals surface area contributed by atoms with Crippen LogP contribution in [0.5, 0.6) is 0 Å². The predicted molar refractivity (Wildman–Crippen MR) is 60.8 cm³/mol. The molecule has 0 aromatic carbocycles. The number of unbranched alkanes of at least 4 members (excludes halogenated alkanes) is 4. The molecule has 0 spiro atoms. The zero-order valence-electron chi connectivity index (χ0n) is 9.49. The molecule has 0 aromatic rings. The zero-order valence-corrected chi connectivity index (χ0v) is 10.3. The van der Waals surface area contributed by atoms with Gasteiger partial charge in [-0.3, -0.25) is 0 Å². The minimum Gasteiger partial charge on any atom is -0.214 e. The van der Waals surface area contributed by atoms with Crippen LogP contribution in [0.1, 0.15) is 46.0 Å². The summed E-state index contributed by atoms with van der Waals surface area (Å²) in [7, 11) is -3.41. The molecular weight excluding hydrogens is 212 g/mol. The van der Waals surface area contributed by atoms with Gasteiger partial charge in [-0.05, 0) is 13.3 Å². The van der Waals surface area contributed by atoms with Gasteiger partial charge >= 0.3 is 0 Å². The van der Waals surface area contributed by atoms with Crippen LogP contribution >= 0.6 is 0 Å². The van der Waals surface area contributed by atoms with Gasteiger partial charge in [0.1, 0.15) is 0 Å². The van der Waals surface area contributed by atoms with Crippen molar-refractivity contribution >= 4 is 10.0 Å². The number of nitrogens with one attached hydrogen (secondary N) is 1. The summed E-state index contributed by atoms with van der Waals surface area (Å²) >= 11 is 0. The van der Waals surface area contributed by atoms with E-state index in [4.69, 9.17) is 5.26 Å². The minimum atomic E-state index is -3.41. The largest absolute Gasteiger partial charge is 0.227 e. The summed E-state index contributed by atoms with van der Waals surface area (Å²) in [5.74, 6) is 0. The third-order valence-corrected chi connectivity index (χ3v) is 3.87. The lowest BCUT2D eigenvalue weighted by atomic mass is 10.2. The first kappa shape index (κ1) is 14.4. The summed E-state index contributed by atoms with van der Waals surface area (Å²) in [6.07, 6.45) is 5.40. The molecular formula is C10H20N2O2S. The van der Waals surface area contributed by atoms with E-state index >= 15 is 0 Å². The second kappa shape index (κ2) is 7.66. The van der Waals surface area contributed by atoms with Crippen LogP contribution in [0.15, 0.2) is 0 Å². The Balaban J connectivity index is 3.64. The second-order valence-corrected chi connectivity index (χ2v) is 5.71. The smallest absolute Gasteiger partial charge is 0.214 e. The number of nitriles is 1. The first-order valence-electron chi connectivity index (χ1n) is 5.42. The first-order chi connectivity index (χ1) is 7.04. The van der Waals surface area contributed by atoms with Gasteiger partial charge in [-0.1, -0.05) is 32.6 Å². The summed E-state index contributed by atoms with van der Waals surface area (Å²) in [5.41, 5.74) is 0. The highest BCUT2D eigenvalue weighted by Crippen LogP contribution is 2.02. The third-order valence-electron chi connectivity index (χ3n) is 2.23. The number of hydrogen-bond acceptors (Lipinski definition) is 3. The Kier molecular flexibility index (Phi) is 7.35. The van der Waals surface area contributed by atoms with E-state index in [0.717, 1.165) is 19.3 Å². The van der Waals surface area contributed by atoms with Gasteiger partial charge in [0, 0.05) is 6.54 Å². The monoisotopic (exact) mass is 232 g/mol. The van der Waals surface area contributed by atoms with Crippen LogP contribution in [-0.2, 0) is 10.0 Å². The Morgan fingerprint density at radius 1 is 1.27 bits per heavy atom. The number of sulfonamides is 1. The molecule has 4 nitrogen and oxygen atoms in total.